The van der Waals surface area contributed by atoms with Gasteiger partial charge < -0.3 is 10.7 Å². The highest BCUT2D eigenvalue weighted by Gasteiger charge is 2.22. The average molecular weight is 241 g/mol. The number of nitrogens with two attached hydrogens (primary N) is 1. The smallest absolute Gasteiger partial charge is 0.109 e. The van der Waals surface area contributed by atoms with Gasteiger partial charge in [-0.1, -0.05) is 30.3 Å². The van der Waals surface area contributed by atoms with Crippen LogP contribution in [0, 0.1) is 0 Å². The second kappa shape index (κ2) is 4.94. The van der Waals surface area contributed by atoms with E-state index in [9.17, 15) is 0 Å². The van der Waals surface area contributed by atoms with Gasteiger partial charge in [-0.3, -0.25) is 0 Å². The maximum Gasteiger partial charge on any atom is 0.109 e. The quantitative estimate of drug-likeness (QED) is 0.849. The third-order valence-corrected chi connectivity index (χ3v) is 3.84. The lowest BCUT2D eigenvalue weighted by atomic mass is 9.86. The Kier molecular flexibility index (Phi) is 3.15. The van der Waals surface area contributed by atoms with Crippen molar-refractivity contribution in [3.63, 3.8) is 0 Å². The van der Waals surface area contributed by atoms with Crippen LogP contribution >= 0.6 is 0 Å². The van der Waals surface area contributed by atoms with E-state index in [0.717, 1.165) is 37.2 Å². The fourth-order valence-corrected chi connectivity index (χ4v) is 2.70. The molecular formula is C15H19N3. The fourth-order valence-electron chi connectivity index (χ4n) is 2.70. The van der Waals surface area contributed by atoms with Gasteiger partial charge in [0.05, 0.1) is 11.9 Å². The van der Waals surface area contributed by atoms with Gasteiger partial charge in [-0.2, -0.15) is 0 Å². The van der Waals surface area contributed by atoms with Crippen molar-refractivity contribution in [3.8, 4) is 11.3 Å². The van der Waals surface area contributed by atoms with Gasteiger partial charge >= 0.3 is 0 Å². The molecule has 3 rings (SSSR count). The van der Waals surface area contributed by atoms with Crippen molar-refractivity contribution < 1.29 is 0 Å². The fraction of sp³-hybridized carbons (Fsp3) is 0.400. The molecule has 18 heavy (non-hydrogen) atoms. The van der Waals surface area contributed by atoms with Crippen molar-refractivity contribution in [3.05, 3.63) is 42.4 Å². The Morgan fingerprint density at radius 3 is 2.50 bits per heavy atom. The number of imidazole rings is 1. The second-order valence-corrected chi connectivity index (χ2v) is 5.16. The standard InChI is InChI=1S/C15H19N3/c16-13-8-6-12(7-9-13)15-17-10-14(18-15)11-4-2-1-3-5-11/h1-5,10,12-13H,6-9,16H2,(H,17,18). The van der Waals surface area contributed by atoms with Gasteiger partial charge in [0.1, 0.15) is 5.82 Å². The van der Waals surface area contributed by atoms with Crippen LogP contribution in [0.4, 0.5) is 0 Å². The van der Waals surface area contributed by atoms with Gasteiger partial charge in [-0.05, 0) is 31.2 Å². The Balaban J connectivity index is 1.78. The van der Waals surface area contributed by atoms with E-state index in [4.69, 9.17) is 5.73 Å². The largest absolute Gasteiger partial charge is 0.342 e. The third kappa shape index (κ3) is 2.31. The summed E-state index contributed by atoms with van der Waals surface area (Å²) in [5.41, 5.74) is 8.25. The first-order valence-corrected chi connectivity index (χ1v) is 6.69. The number of aromatic nitrogens is 2. The number of aromatic amines is 1. The van der Waals surface area contributed by atoms with E-state index in [1.54, 1.807) is 0 Å². The molecule has 1 heterocycles. The van der Waals surface area contributed by atoms with Gasteiger partial charge in [-0.25, -0.2) is 4.98 Å². The van der Waals surface area contributed by atoms with Gasteiger partial charge in [-0.15, -0.1) is 0 Å². The zero-order chi connectivity index (χ0) is 12.4. The van der Waals surface area contributed by atoms with Crippen LogP contribution < -0.4 is 5.73 Å². The molecule has 1 aliphatic carbocycles. The zero-order valence-corrected chi connectivity index (χ0v) is 10.5. The van der Waals surface area contributed by atoms with Crippen molar-refractivity contribution in [2.45, 2.75) is 37.6 Å². The number of rotatable bonds is 2. The number of H-pyrrole nitrogens is 1. The van der Waals surface area contributed by atoms with Crippen LogP contribution in [0.2, 0.25) is 0 Å². The van der Waals surface area contributed by atoms with Crippen LogP contribution in [-0.4, -0.2) is 16.0 Å². The molecule has 2 aromatic rings. The molecule has 0 spiro atoms. The average Bonchev–Trinajstić information content (AvgIpc) is 2.90. The molecule has 1 fully saturated rings. The molecule has 0 atom stereocenters. The monoisotopic (exact) mass is 241 g/mol. The topological polar surface area (TPSA) is 54.7 Å². The van der Waals surface area contributed by atoms with Gasteiger partial charge in [0.25, 0.3) is 0 Å². The molecule has 0 aliphatic heterocycles. The van der Waals surface area contributed by atoms with Crippen LogP contribution in [0.3, 0.4) is 0 Å². The number of hydrogen-bond donors (Lipinski definition) is 2. The Hall–Kier alpha value is -1.61. The van der Waals surface area contributed by atoms with E-state index in [1.165, 1.54) is 5.56 Å². The molecule has 1 saturated carbocycles. The Morgan fingerprint density at radius 2 is 1.78 bits per heavy atom. The Morgan fingerprint density at radius 1 is 1.06 bits per heavy atom. The summed E-state index contributed by atoms with van der Waals surface area (Å²) in [6.45, 7) is 0. The Labute approximate surface area is 107 Å². The summed E-state index contributed by atoms with van der Waals surface area (Å²) in [6.07, 6.45) is 6.49. The molecule has 0 bridgehead atoms. The minimum absolute atomic E-state index is 0.393. The summed E-state index contributed by atoms with van der Waals surface area (Å²) in [5, 5.41) is 0. The van der Waals surface area contributed by atoms with Crippen LogP contribution in [-0.2, 0) is 0 Å². The van der Waals surface area contributed by atoms with E-state index in [-0.39, 0.29) is 0 Å². The summed E-state index contributed by atoms with van der Waals surface area (Å²) >= 11 is 0. The molecule has 0 radical (unpaired) electrons. The molecule has 94 valence electrons. The van der Waals surface area contributed by atoms with Crippen LogP contribution in [0.15, 0.2) is 36.5 Å². The first kappa shape index (κ1) is 11.5. The minimum Gasteiger partial charge on any atom is -0.342 e. The van der Waals surface area contributed by atoms with E-state index in [0.29, 0.717) is 12.0 Å². The van der Waals surface area contributed by atoms with E-state index < -0.39 is 0 Å². The highest BCUT2D eigenvalue weighted by Crippen LogP contribution is 2.31. The molecule has 3 N–H and O–H groups in total. The van der Waals surface area contributed by atoms with Crippen LogP contribution in [0.5, 0.6) is 0 Å². The number of nitrogens with zero attached hydrogens (tertiary/aromatic N) is 1. The van der Waals surface area contributed by atoms with E-state index >= 15 is 0 Å². The van der Waals surface area contributed by atoms with Gasteiger partial charge in [0.15, 0.2) is 0 Å². The lowest BCUT2D eigenvalue weighted by molar-refractivity contribution is 0.386. The molecule has 1 aliphatic rings. The van der Waals surface area contributed by atoms with Crippen molar-refractivity contribution >= 4 is 0 Å². The predicted molar refractivity (Wildman–Crippen MR) is 73.2 cm³/mol. The minimum atomic E-state index is 0.393. The van der Waals surface area contributed by atoms with E-state index in [2.05, 4.69) is 34.2 Å². The lowest BCUT2D eigenvalue weighted by Crippen LogP contribution is -2.26. The van der Waals surface area contributed by atoms with Crippen molar-refractivity contribution in [2.75, 3.05) is 0 Å². The van der Waals surface area contributed by atoms with Gasteiger partial charge in [0, 0.05) is 12.0 Å². The molecule has 0 amide bonds. The van der Waals surface area contributed by atoms with E-state index in [1.807, 2.05) is 12.3 Å². The summed E-state index contributed by atoms with van der Waals surface area (Å²) in [6, 6.07) is 10.7. The lowest BCUT2D eigenvalue weighted by Gasteiger charge is -2.24. The molecule has 3 heteroatoms. The van der Waals surface area contributed by atoms with Crippen molar-refractivity contribution in [1.82, 2.24) is 9.97 Å². The second-order valence-electron chi connectivity index (χ2n) is 5.16. The van der Waals surface area contributed by atoms with Crippen molar-refractivity contribution in [1.29, 1.82) is 0 Å². The number of benzene rings is 1. The van der Waals surface area contributed by atoms with Crippen LogP contribution in [0.1, 0.15) is 37.4 Å². The number of hydrogen-bond acceptors (Lipinski definition) is 2. The molecule has 0 saturated heterocycles. The first-order chi connectivity index (χ1) is 8.83. The van der Waals surface area contributed by atoms with Gasteiger partial charge in [0.2, 0.25) is 0 Å². The zero-order valence-electron chi connectivity index (χ0n) is 10.5. The third-order valence-electron chi connectivity index (χ3n) is 3.84. The molecular weight excluding hydrogens is 222 g/mol. The predicted octanol–water partition coefficient (Wildman–Crippen LogP) is 3.06. The molecule has 3 nitrogen and oxygen atoms in total. The highest BCUT2D eigenvalue weighted by atomic mass is 14.9. The SMILES string of the molecule is NC1CCC(c2ncc(-c3ccccc3)[nH]2)CC1. The summed E-state index contributed by atoms with van der Waals surface area (Å²) in [4.78, 5) is 8.01. The molecule has 1 aromatic heterocycles. The normalized spacial score (nSPS) is 24.1. The Bertz CT molecular complexity index is 495. The maximum atomic E-state index is 5.94. The maximum absolute atomic E-state index is 5.94. The molecule has 1 aromatic carbocycles. The number of nitrogens with one attached hydrogen (secondary N) is 1. The first-order valence-electron chi connectivity index (χ1n) is 6.69. The summed E-state index contributed by atoms with van der Waals surface area (Å²) < 4.78 is 0. The molecule has 0 unspecified atom stereocenters. The highest BCUT2D eigenvalue weighted by molar-refractivity contribution is 5.58. The van der Waals surface area contributed by atoms with Crippen molar-refractivity contribution in [2.24, 2.45) is 5.73 Å². The summed E-state index contributed by atoms with van der Waals surface area (Å²) in [7, 11) is 0. The summed E-state index contributed by atoms with van der Waals surface area (Å²) in [5.74, 6) is 1.68. The van der Waals surface area contributed by atoms with Crippen LogP contribution in [0.25, 0.3) is 11.3 Å².